The second kappa shape index (κ2) is 6.24. The summed E-state index contributed by atoms with van der Waals surface area (Å²) in [5.41, 5.74) is 5.90. The zero-order chi connectivity index (χ0) is 13.8. The van der Waals surface area contributed by atoms with Crippen LogP contribution >= 0.6 is 0 Å². The van der Waals surface area contributed by atoms with Crippen molar-refractivity contribution in [3.05, 3.63) is 0 Å². The average molecular weight is 276 g/mol. The molecule has 1 aromatic heterocycles. The summed E-state index contributed by atoms with van der Waals surface area (Å²) in [6.45, 7) is 4.12. The van der Waals surface area contributed by atoms with Gasteiger partial charge in [-0.15, -0.1) is 0 Å². The van der Waals surface area contributed by atoms with E-state index in [9.17, 15) is 0 Å². The lowest BCUT2D eigenvalue weighted by Gasteiger charge is -2.28. The smallest absolute Gasteiger partial charge is 0.231 e. The number of aromatic nitrogens is 3. The highest BCUT2D eigenvalue weighted by atomic mass is 15.4. The molecule has 3 heterocycles. The largest absolute Gasteiger partial charge is 0.368 e. The quantitative estimate of drug-likeness (QED) is 0.888. The number of hydrogen-bond donors (Lipinski definition) is 1. The van der Waals surface area contributed by atoms with Crippen LogP contribution in [0, 0.1) is 0 Å². The van der Waals surface area contributed by atoms with Crippen molar-refractivity contribution in [1.29, 1.82) is 0 Å². The van der Waals surface area contributed by atoms with Gasteiger partial charge in [0.15, 0.2) is 0 Å². The predicted molar refractivity (Wildman–Crippen MR) is 81.0 cm³/mol. The molecule has 2 N–H and O–H groups in total. The Morgan fingerprint density at radius 3 is 1.45 bits per heavy atom. The molecule has 1 aromatic rings. The SMILES string of the molecule is Nc1nc(N2CCCCCC2)nc(N2CCCCC2)n1. The fourth-order valence-corrected chi connectivity index (χ4v) is 3.02. The molecular weight excluding hydrogens is 252 g/mol. The molecule has 0 aromatic carbocycles. The molecular formula is C14H24N6. The molecule has 0 bridgehead atoms. The zero-order valence-electron chi connectivity index (χ0n) is 12.1. The molecule has 0 saturated carbocycles. The number of anilines is 3. The molecule has 3 rings (SSSR count). The highest BCUT2D eigenvalue weighted by Gasteiger charge is 2.18. The van der Waals surface area contributed by atoms with Gasteiger partial charge < -0.3 is 15.5 Å². The molecule has 0 unspecified atom stereocenters. The van der Waals surface area contributed by atoms with Crippen LogP contribution in [0.1, 0.15) is 44.9 Å². The van der Waals surface area contributed by atoms with Gasteiger partial charge in [0.05, 0.1) is 0 Å². The minimum absolute atomic E-state index is 0.347. The maximum atomic E-state index is 5.90. The van der Waals surface area contributed by atoms with Crippen molar-refractivity contribution < 1.29 is 0 Å². The lowest BCUT2D eigenvalue weighted by molar-refractivity contribution is 0.567. The van der Waals surface area contributed by atoms with Gasteiger partial charge in [0, 0.05) is 26.2 Å². The first kappa shape index (κ1) is 13.4. The molecule has 0 spiro atoms. The molecule has 6 heteroatoms. The first-order valence-electron chi connectivity index (χ1n) is 7.84. The maximum Gasteiger partial charge on any atom is 0.231 e. The standard InChI is InChI=1S/C14H24N6/c15-12-16-13(19-8-4-1-2-5-9-19)18-14(17-12)20-10-6-3-7-11-20/h1-11H2,(H2,15,16,17,18). The number of nitrogens with two attached hydrogens (primary N) is 1. The molecule has 0 atom stereocenters. The third-order valence-electron chi connectivity index (χ3n) is 4.16. The molecule has 6 nitrogen and oxygen atoms in total. The van der Waals surface area contributed by atoms with Crippen LogP contribution in [-0.4, -0.2) is 41.1 Å². The van der Waals surface area contributed by atoms with Gasteiger partial charge in [-0.25, -0.2) is 0 Å². The van der Waals surface area contributed by atoms with Gasteiger partial charge in [0.2, 0.25) is 17.8 Å². The Kier molecular flexibility index (Phi) is 4.18. The summed E-state index contributed by atoms with van der Waals surface area (Å²) in [7, 11) is 0. The Hall–Kier alpha value is -1.59. The molecule has 2 aliphatic heterocycles. The molecule has 2 fully saturated rings. The highest BCUT2D eigenvalue weighted by Crippen LogP contribution is 2.21. The topological polar surface area (TPSA) is 71.2 Å². The van der Waals surface area contributed by atoms with E-state index in [2.05, 4.69) is 24.8 Å². The molecule has 0 amide bonds. The average Bonchev–Trinajstić information content (AvgIpc) is 2.77. The fraction of sp³-hybridized carbons (Fsp3) is 0.786. The van der Waals surface area contributed by atoms with Crippen molar-refractivity contribution in [1.82, 2.24) is 15.0 Å². The van der Waals surface area contributed by atoms with Gasteiger partial charge in [-0.2, -0.15) is 15.0 Å². The lowest BCUT2D eigenvalue weighted by atomic mass is 10.1. The zero-order valence-corrected chi connectivity index (χ0v) is 12.1. The first-order chi connectivity index (χ1) is 9.83. The summed E-state index contributed by atoms with van der Waals surface area (Å²) in [5.74, 6) is 1.87. The van der Waals surface area contributed by atoms with Gasteiger partial charge in [-0.1, -0.05) is 12.8 Å². The van der Waals surface area contributed by atoms with E-state index in [1.807, 2.05) is 0 Å². The van der Waals surface area contributed by atoms with Crippen LogP contribution in [0.5, 0.6) is 0 Å². The van der Waals surface area contributed by atoms with E-state index < -0.39 is 0 Å². The van der Waals surface area contributed by atoms with Crippen molar-refractivity contribution in [2.24, 2.45) is 0 Å². The van der Waals surface area contributed by atoms with Gasteiger partial charge in [-0.3, -0.25) is 0 Å². The highest BCUT2D eigenvalue weighted by molar-refractivity contribution is 5.43. The molecule has 2 saturated heterocycles. The fourth-order valence-electron chi connectivity index (χ4n) is 3.02. The van der Waals surface area contributed by atoms with E-state index in [4.69, 9.17) is 5.73 Å². The second-order valence-corrected chi connectivity index (χ2v) is 5.74. The summed E-state index contributed by atoms with van der Waals surface area (Å²) >= 11 is 0. The maximum absolute atomic E-state index is 5.90. The lowest BCUT2D eigenvalue weighted by Crippen LogP contribution is -2.33. The number of rotatable bonds is 2. The van der Waals surface area contributed by atoms with Gasteiger partial charge in [0.25, 0.3) is 0 Å². The van der Waals surface area contributed by atoms with E-state index in [1.165, 1.54) is 44.9 Å². The summed E-state index contributed by atoms with van der Waals surface area (Å²) in [6, 6.07) is 0. The van der Waals surface area contributed by atoms with E-state index in [1.54, 1.807) is 0 Å². The van der Waals surface area contributed by atoms with E-state index in [0.717, 1.165) is 38.1 Å². The van der Waals surface area contributed by atoms with Crippen LogP contribution in [0.4, 0.5) is 17.8 Å². The number of nitrogen functional groups attached to an aromatic ring is 1. The van der Waals surface area contributed by atoms with Crippen molar-refractivity contribution >= 4 is 17.8 Å². The Bertz CT molecular complexity index is 435. The first-order valence-corrected chi connectivity index (χ1v) is 7.84. The Labute approximate surface area is 120 Å². The normalized spacial score (nSPS) is 20.8. The van der Waals surface area contributed by atoms with Crippen molar-refractivity contribution in [2.75, 3.05) is 41.7 Å². The Morgan fingerprint density at radius 2 is 1.00 bits per heavy atom. The van der Waals surface area contributed by atoms with Crippen LogP contribution in [0.15, 0.2) is 0 Å². The van der Waals surface area contributed by atoms with E-state index in [-0.39, 0.29) is 0 Å². The van der Waals surface area contributed by atoms with Crippen molar-refractivity contribution in [3.63, 3.8) is 0 Å². The number of nitrogens with zero attached hydrogens (tertiary/aromatic N) is 5. The monoisotopic (exact) mass is 276 g/mol. The summed E-state index contributed by atoms with van der Waals surface area (Å²) in [6.07, 6.45) is 8.76. The predicted octanol–water partition coefficient (Wildman–Crippen LogP) is 1.82. The van der Waals surface area contributed by atoms with Gasteiger partial charge in [-0.05, 0) is 32.1 Å². The summed E-state index contributed by atoms with van der Waals surface area (Å²) in [5, 5.41) is 0. The van der Waals surface area contributed by atoms with Crippen LogP contribution < -0.4 is 15.5 Å². The second-order valence-electron chi connectivity index (χ2n) is 5.74. The molecule has 0 aliphatic carbocycles. The minimum atomic E-state index is 0.347. The molecule has 0 radical (unpaired) electrons. The number of piperidine rings is 1. The summed E-state index contributed by atoms with van der Waals surface area (Å²) in [4.78, 5) is 17.9. The molecule has 20 heavy (non-hydrogen) atoms. The van der Waals surface area contributed by atoms with Crippen LogP contribution in [-0.2, 0) is 0 Å². The third kappa shape index (κ3) is 3.11. The number of hydrogen-bond acceptors (Lipinski definition) is 6. The van der Waals surface area contributed by atoms with Crippen LogP contribution in [0.25, 0.3) is 0 Å². The van der Waals surface area contributed by atoms with E-state index >= 15 is 0 Å². The van der Waals surface area contributed by atoms with Gasteiger partial charge >= 0.3 is 0 Å². The van der Waals surface area contributed by atoms with Crippen LogP contribution in [0.2, 0.25) is 0 Å². The summed E-state index contributed by atoms with van der Waals surface area (Å²) < 4.78 is 0. The van der Waals surface area contributed by atoms with E-state index in [0.29, 0.717) is 5.95 Å². The van der Waals surface area contributed by atoms with Gasteiger partial charge in [0.1, 0.15) is 0 Å². The van der Waals surface area contributed by atoms with Crippen LogP contribution in [0.3, 0.4) is 0 Å². The third-order valence-corrected chi connectivity index (χ3v) is 4.16. The Balaban J connectivity index is 1.81. The minimum Gasteiger partial charge on any atom is -0.368 e. The van der Waals surface area contributed by atoms with Crippen molar-refractivity contribution in [3.8, 4) is 0 Å². The molecule has 2 aliphatic rings. The molecule has 110 valence electrons. The Morgan fingerprint density at radius 1 is 0.600 bits per heavy atom. The van der Waals surface area contributed by atoms with Crippen molar-refractivity contribution in [2.45, 2.75) is 44.9 Å².